The summed E-state index contributed by atoms with van der Waals surface area (Å²) in [5.74, 6) is -5.33. The minimum absolute atomic E-state index is 0.0184. The number of aromatic nitrogens is 5. The lowest BCUT2D eigenvalue weighted by Gasteiger charge is -2.26. The number of benzene rings is 1. The lowest BCUT2D eigenvalue weighted by atomic mass is 9.80. The monoisotopic (exact) mass is 495 g/mol. The second-order valence-corrected chi connectivity index (χ2v) is 8.06. The molecule has 0 aliphatic rings. The molecule has 1 amide bonds. The Bertz CT molecular complexity index is 1550. The SMILES string of the molecule is C[C@H](c1nc(C(=O)Nc2cnoc2)c(O)c(=O)n1C)[C@@H](c1cc(F)ccc1C#N)c1cn(C)nc1F. The number of nitrogens with one attached hydrogen (secondary N) is 1. The molecule has 0 radical (unpaired) electrons. The van der Waals surface area contributed by atoms with Crippen molar-refractivity contribution in [3.63, 3.8) is 0 Å². The number of rotatable bonds is 6. The van der Waals surface area contributed by atoms with Crippen molar-refractivity contribution >= 4 is 11.6 Å². The summed E-state index contributed by atoms with van der Waals surface area (Å²) in [6, 6.07) is 5.44. The number of anilines is 1. The van der Waals surface area contributed by atoms with Gasteiger partial charge in [-0.2, -0.15) is 9.65 Å². The van der Waals surface area contributed by atoms with Crippen molar-refractivity contribution in [1.29, 1.82) is 5.26 Å². The molecule has 0 saturated heterocycles. The lowest BCUT2D eigenvalue weighted by Crippen LogP contribution is -2.29. The van der Waals surface area contributed by atoms with Crippen LogP contribution in [-0.2, 0) is 14.1 Å². The number of aromatic hydroxyl groups is 1. The highest BCUT2D eigenvalue weighted by atomic mass is 19.1. The first-order chi connectivity index (χ1) is 17.1. The van der Waals surface area contributed by atoms with E-state index in [-0.39, 0.29) is 28.2 Å². The third-order valence-electron chi connectivity index (χ3n) is 5.73. The minimum Gasteiger partial charge on any atom is -0.501 e. The standard InChI is InChI=1S/C23H19F2N7O4/c1-11(17(16-9-31(2)30-20(16)25)15-6-13(24)5-4-12(15)7-26)21-29-18(19(33)23(35)32(21)3)22(34)28-14-8-27-36-10-14/h4-6,8-11,17,33H,1-3H3,(H,28,34)/t11-,17-/m0/s1. The van der Waals surface area contributed by atoms with E-state index in [0.717, 1.165) is 23.0 Å². The molecule has 1 aromatic carbocycles. The van der Waals surface area contributed by atoms with E-state index in [0.29, 0.717) is 0 Å². The van der Waals surface area contributed by atoms with E-state index in [9.17, 15) is 28.7 Å². The number of carbonyl (C=O) groups is 1. The second-order valence-electron chi connectivity index (χ2n) is 8.06. The molecule has 2 atom stereocenters. The van der Waals surface area contributed by atoms with Crippen molar-refractivity contribution in [2.24, 2.45) is 14.1 Å². The van der Waals surface area contributed by atoms with Gasteiger partial charge < -0.3 is 14.9 Å². The van der Waals surface area contributed by atoms with Gasteiger partial charge in [0.2, 0.25) is 11.7 Å². The van der Waals surface area contributed by atoms with Crippen LogP contribution in [0, 0.1) is 23.1 Å². The summed E-state index contributed by atoms with van der Waals surface area (Å²) in [6.45, 7) is 1.57. The van der Waals surface area contributed by atoms with Crippen molar-refractivity contribution in [2.45, 2.75) is 18.8 Å². The smallest absolute Gasteiger partial charge is 0.296 e. The van der Waals surface area contributed by atoms with Gasteiger partial charge in [0.25, 0.3) is 11.5 Å². The Hall–Kier alpha value is -4.86. The molecule has 36 heavy (non-hydrogen) atoms. The number of nitrogens with zero attached hydrogens (tertiary/aromatic N) is 6. The summed E-state index contributed by atoms with van der Waals surface area (Å²) in [6.07, 6.45) is 3.71. The Kier molecular flexibility index (Phi) is 6.35. The summed E-state index contributed by atoms with van der Waals surface area (Å²) >= 11 is 0. The molecular weight excluding hydrogens is 476 g/mol. The average Bonchev–Trinajstić information content (AvgIpc) is 3.46. The van der Waals surface area contributed by atoms with Gasteiger partial charge in [0, 0.05) is 37.7 Å². The number of carbonyl (C=O) groups excluding carboxylic acids is 1. The van der Waals surface area contributed by atoms with Crippen LogP contribution >= 0.6 is 0 Å². The Morgan fingerprint density at radius 2 is 2.03 bits per heavy atom. The first kappa shape index (κ1) is 24.3. The summed E-state index contributed by atoms with van der Waals surface area (Å²) in [5.41, 5.74) is -1.14. The molecule has 4 rings (SSSR count). The predicted octanol–water partition coefficient (Wildman–Crippen LogP) is 2.55. The second kappa shape index (κ2) is 9.41. The maximum Gasteiger partial charge on any atom is 0.296 e. The van der Waals surface area contributed by atoms with Crippen LogP contribution in [-0.4, -0.2) is 35.5 Å². The van der Waals surface area contributed by atoms with Crippen LogP contribution < -0.4 is 10.9 Å². The van der Waals surface area contributed by atoms with Crippen molar-refractivity contribution in [2.75, 3.05) is 5.32 Å². The molecule has 0 spiro atoms. The fourth-order valence-corrected chi connectivity index (χ4v) is 4.07. The van der Waals surface area contributed by atoms with Crippen LogP contribution in [0.3, 0.4) is 0 Å². The summed E-state index contributed by atoms with van der Waals surface area (Å²) in [5, 5.41) is 29.6. The van der Waals surface area contributed by atoms with Crippen molar-refractivity contribution in [1.82, 2.24) is 24.5 Å². The van der Waals surface area contributed by atoms with Crippen LogP contribution in [0.2, 0.25) is 0 Å². The average molecular weight is 495 g/mol. The Balaban J connectivity index is 1.91. The van der Waals surface area contributed by atoms with Crippen molar-refractivity contribution in [3.05, 3.63) is 87.2 Å². The summed E-state index contributed by atoms with van der Waals surface area (Å²) < 4.78 is 36.1. The maximum atomic E-state index is 14.9. The van der Waals surface area contributed by atoms with Gasteiger partial charge in [0.05, 0.1) is 17.8 Å². The fourth-order valence-electron chi connectivity index (χ4n) is 4.07. The highest BCUT2D eigenvalue weighted by molar-refractivity contribution is 6.04. The Morgan fingerprint density at radius 3 is 2.64 bits per heavy atom. The van der Waals surface area contributed by atoms with E-state index in [1.165, 1.54) is 37.2 Å². The van der Waals surface area contributed by atoms with Gasteiger partial charge in [-0.1, -0.05) is 12.1 Å². The Labute approximate surface area is 202 Å². The zero-order valence-corrected chi connectivity index (χ0v) is 19.2. The van der Waals surface area contributed by atoms with E-state index in [1.807, 2.05) is 6.07 Å². The minimum atomic E-state index is -1.04. The lowest BCUT2D eigenvalue weighted by molar-refractivity contribution is 0.101. The number of halogens is 2. The fraction of sp³-hybridized carbons (Fsp3) is 0.217. The van der Waals surface area contributed by atoms with E-state index in [4.69, 9.17) is 0 Å². The summed E-state index contributed by atoms with van der Waals surface area (Å²) in [7, 11) is 2.81. The first-order valence-corrected chi connectivity index (χ1v) is 10.5. The number of hydrogen-bond donors (Lipinski definition) is 2. The first-order valence-electron chi connectivity index (χ1n) is 10.5. The highest BCUT2D eigenvalue weighted by Gasteiger charge is 2.33. The van der Waals surface area contributed by atoms with Crippen molar-refractivity contribution < 1.29 is 23.2 Å². The van der Waals surface area contributed by atoms with E-state index < -0.39 is 46.5 Å². The maximum absolute atomic E-state index is 14.9. The molecule has 11 nitrogen and oxygen atoms in total. The highest BCUT2D eigenvalue weighted by Crippen LogP contribution is 2.40. The van der Waals surface area contributed by atoms with Gasteiger partial charge in [-0.05, 0) is 23.8 Å². The van der Waals surface area contributed by atoms with Crippen LogP contribution in [0.4, 0.5) is 14.5 Å². The molecule has 0 unspecified atom stereocenters. The third kappa shape index (κ3) is 4.31. The molecule has 2 N–H and O–H groups in total. The quantitative estimate of drug-likeness (QED) is 0.414. The third-order valence-corrected chi connectivity index (χ3v) is 5.73. The van der Waals surface area contributed by atoms with E-state index >= 15 is 0 Å². The normalized spacial score (nSPS) is 12.7. The number of nitriles is 1. The Morgan fingerprint density at radius 1 is 1.28 bits per heavy atom. The van der Waals surface area contributed by atoms with E-state index in [2.05, 4.69) is 25.1 Å². The topological polar surface area (TPSA) is 152 Å². The van der Waals surface area contributed by atoms with Gasteiger partial charge in [-0.25, -0.2) is 9.37 Å². The van der Waals surface area contributed by atoms with Crippen LogP contribution in [0.5, 0.6) is 5.75 Å². The number of aryl methyl sites for hydroxylation is 1. The zero-order valence-electron chi connectivity index (χ0n) is 19.2. The predicted molar refractivity (Wildman–Crippen MR) is 120 cm³/mol. The molecule has 0 bridgehead atoms. The molecular formula is C23H19F2N7O4. The molecule has 3 aromatic heterocycles. The largest absolute Gasteiger partial charge is 0.501 e. The number of amides is 1. The molecule has 0 aliphatic carbocycles. The van der Waals surface area contributed by atoms with Crippen LogP contribution in [0.1, 0.15) is 51.8 Å². The number of hydrogen-bond acceptors (Lipinski definition) is 8. The van der Waals surface area contributed by atoms with Gasteiger partial charge in [0.1, 0.15) is 23.6 Å². The molecule has 4 aromatic rings. The molecule has 0 aliphatic heterocycles. The summed E-state index contributed by atoms with van der Waals surface area (Å²) in [4.78, 5) is 29.8. The zero-order chi connectivity index (χ0) is 26.1. The van der Waals surface area contributed by atoms with Crippen LogP contribution in [0.15, 0.2) is 46.2 Å². The molecule has 184 valence electrons. The van der Waals surface area contributed by atoms with Gasteiger partial charge in [0.15, 0.2) is 5.69 Å². The van der Waals surface area contributed by atoms with Gasteiger partial charge >= 0.3 is 0 Å². The molecule has 3 heterocycles. The van der Waals surface area contributed by atoms with Gasteiger partial charge in [-0.15, -0.1) is 5.10 Å². The van der Waals surface area contributed by atoms with Crippen LogP contribution in [0.25, 0.3) is 0 Å². The van der Waals surface area contributed by atoms with Crippen molar-refractivity contribution in [3.8, 4) is 11.8 Å². The molecule has 0 fully saturated rings. The molecule has 13 heteroatoms. The van der Waals surface area contributed by atoms with Gasteiger partial charge in [-0.3, -0.25) is 18.8 Å². The molecule has 0 saturated carbocycles. The van der Waals surface area contributed by atoms with E-state index in [1.54, 1.807) is 6.92 Å².